The summed E-state index contributed by atoms with van der Waals surface area (Å²) in [5.74, 6) is 0.318. The first-order valence-electron chi connectivity index (χ1n) is 8.79. The van der Waals surface area contributed by atoms with E-state index in [1.54, 1.807) is 13.2 Å². The number of methoxy groups -OCH3 is 1. The molecular weight excluding hydrogens is 320 g/mol. The predicted molar refractivity (Wildman–Crippen MR) is 96.7 cm³/mol. The van der Waals surface area contributed by atoms with Crippen LogP contribution in [-0.2, 0) is 25.6 Å². The zero-order valence-electron chi connectivity index (χ0n) is 15.5. The van der Waals surface area contributed by atoms with E-state index in [9.17, 15) is 0 Å². The molecule has 2 rings (SSSR count). The van der Waals surface area contributed by atoms with E-state index < -0.39 is 5.79 Å². The third kappa shape index (κ3) is 6.78. The van der Waals surface area contributed by atoms with Crippen LogP contribution < -0.4 is 4.74 Å². The molecule has 140 valence electrons. The van der Waals surface area contributed by atoms with Crippen LogP contribution in [0.3, 0.4) is 0 Å². The molecule has 0 spiro atoms. The van der Waals surface area contributed by atoms with Crippen molar-refractivity contribution in [2.24, 2.45) is 0 Å². The van der Waals surface area contributed by atoms with Crippen molar-refractivity contribution in [2.45, 2.75) is 51.3 Å². The van der Waals surface area contributed by atoms with E-state index in [0.29, 0.717) is 26.4 Å². The summed E-state index contributed by atoms with van der Waals surface area (Å²) in [4.78, 5) is 0. The van der Waals surface area contributed by atoms with Crippen molar-refractivity contribution in [3.63, 3.8) is 0 Å². The molecule has 0 N–H and O–H groups in total. The molecule has 1 aromatic rings. The van der Waals surface area contributed by atoms with Gasteiger partial charge in [0.2, 0.25) is 0 Å². The fourth-order valence-corrected chi connectivity index (χ4v) is 2.77. The lowest BCUT2D eigenvalue weighted by Gasteiger charge is -2.24. The smallest absolute Gasteiger partial charge is 0.163 e. The fraction of sp³-hybridized carbons (Fsp3) is 0.600. The highest BCUT2D eigenvalue weighted by atomic mass is 16.7. The largest absolute Gasteiger partial charge is 0.497 e. The number of hydrogen-bond acceptors (Lipinski definition) is 5. The Hall–Kier alpha value is -1.40. The minimum absolute atomic E-state index is 0.00985. The molecular formula is C20H30O5. The van der Waals surface area contributed by atoms with Gasteiger partial charge < -0.3 is 23.7 Å². The van der Waals surface area contributed by atoms with Gasteiger partial charge >= 0.3 is 0 Å². The summed E-state index contributed by atoms with van der Waals surface area (Å²) in [6.45, 7) is 9.91. The summed E-state index contributed by atoms with van der Waals surface area (Å²) in [6.07, 6.45) is 3.47. The van der Waals surface area contributed by atoms with Crippen LogP contribution in [0, 0.1) is 0 Å². The van der Waals surface area contributed by atoms with E-state index in [4.69, 9.17) is 23.7 Å². The Balaban J connectivity index is 1.70. The Bertz CT molecular complexity index is 511. The van der Waals surface area contributed by atoms with Gasteiger partial charge in [0.05, 0.1) is 33.0 Å². The second-order valence-electron chi connectivity index (χ2n) is 6.57. The predicted octanol–water partition coefficient (Wildman–Crippen LogP) is 3.71. The van der Waals surface area contributed by atoms with Crippen LogP contribution in [0.5, 0.6) is 5.75 Å². The maximum absolute atomic E-state index is 5.92. The highest BCUT2D eigenvalue weighted by molar-refractivity contribution is 5.26. The Morgan fingerprint density at radius 2 is 2.08 bits per heavy atom. The molecule has 0 bridgehead atoms. The number of rotatable bonds is 11. The quantitative estimate of drug-likeness (QED) is 0.450. The van der Waals surface area contributed by atoms with E-state index in [2.05, 4.69) is 6.58 Å². The standard InChI is InChI=1S/C20H30O5/c1-5-12-23-18(19-15-24-20(2,3)25-19)7-6-13-22-14-16-8-10-17(21-4)11-9-16/h5,8-11,18-19H,1,6-7,12-15H2,2-4H3/t18-,19+/m0/s1. The molecule has 0 aliphatic carbocycles. The molecule has 0 radical (unpaired) electrons. The van der Waals surface area contributed by atoms with Crippen molar-refractivity contribution in [3.8, 4) is 5.75 Å². The van der Waals surface area contributed by atoms with E-state index in [0.717, 1.165) is 24.2 Å². The van der Waals surface area contributed by atoms with E-state index in [-0.39, 0.29) is 12.2 Å². The molecule has 1 heterocycles. The van der Waals surface area contributed by atoms with Crippen molar-refractivity contribution >= 4 is 0 Å². The second-order valence-corrected chi connectivity index (χ2v) is 6.57. The topological polar surface area (TPSA) is 46.2 Å². The van der Waals surface area contributed by atoms with Crippen LogP contribution in [-0.4, -0.2) is 44.9 Å². The molecule has 1 aromatic carbocycles. The van der Waals surface area contributed by atoms with Crippen LogP contribution in [0.2, 0.25) is 0 Å². The van der Waals surface area contributed by atoms with Crippen molar-refractivity contribution in [3.05, 3.63) is 42.5 Å². The van der Waals surface area contributed by atoms with Gasteiger partial charge in [-0.1, -0.05) is 18.2 Å². The maximum atomic E-state index is 5.92. The number of ether oxygens (including phenoxy) is 5. The minimum atomic E-state index is -0.536. The lowest BCUT2D eigenvalue weighted by Crippen LogP contribution is -2.33. The lowest BCUT2D eigenvalue weighted by molar-refractivity contribution is -0.156. The van der Waals surface area contributed by atoms with E-state index in [1.807, 2.05) is 38.1 Å². The molecule has 0 unspecified atom stereocenters. The van der Waals surface area contributed by atoms with E-state index >= 15 is 0 Å². The monoisotopic (exact) mass is 350 g/mol. The van der Waals surface area contributed by atoms with Crippen LogP contribution >= 0.6 is 0 Å². The van der Waals surface area contributed by atoms with Crippen LogP contribution in [0.4, 0.5) is 0 Å². The Morgan fingerprint density at radius 1 is 1.32 bits per heavy atom. The molecule has 0 aromatic heterocycles. The van der Waals surface area contributed by atoms with E-state index in [1.165, 1.54) is 0 Å². The highest BCUT2D eigenvalue weighted by Gasteiger charge is 2.37. The number of benzene rings is 1. The van der Waals surface area contributed by atoms with Crippen LogP contribution in [0.1, 0.15) is 32.3 Å². The third-order valence-corrected chi connectivity index (χ3v) is 4.08. The van der Waals surface area contributed by atoms with Gasteiger partial charge in [-0.2, -0.15) is 0 Å². The van der Waals surface area contributed by atoms with Crippen molar-refractivity contribution in [2.75, 3.05) is 26.9 Å². The van der Waals surface area contributed by atoms with Gasteiger partial charge in [-0.15, -0.1) is 6.58 Å². The van der Waals surface area contributed by atoms with Gasteiger partial charge in [0.15, 0.2) is 5.79 Å². The van der Waals surface area contributed by atoms with Crippen LogP contribution in [0.15, 0.2) is 36.9 Å². The zero-order valence-corrected chi connectivity index (χ0v) is 15.5. The lowest BCUT2D eigenvalue weighted by atomic mass is 10.1. The van der Waals surface area contributed by atoms with Gasteiger partial charge in [0.25, 0.3) is 0 Å². The summed E-state index contributed by atoms with van der Waals surface area (Å²) >= 11 is 0. The molecule has 1 aliphatic heterocycles. The average Bonchev–Trinajstić information content (AvgIpc) is 2.97. The summed E-state index contributed by atoms with van der Waals surface area (Å²) in [5.41, 5.74) is 1.13. The van der Waals surface area contributed by atoms with Crippen molar-refractivity contribution in [1.29, 1.82) is 0 Å². The molecule has 1 saturated heterocycles. The summed E-state index contributed by atoms with van der Waals surface area (Å²) in [7, 11) is 1.66. The first kappa shape index (κ1) is 19.9. The maximum Gasteiger partial charge on any atom is 0.163 e. The number of hydrogen-bond donors (Lipinski definition) is 0. The van der Waals surface area contributed by atoms with Gasteiger partial charge in [-0.25, -0.2) is 0 Å². The van der Waals surface area contributed by atoms with Gasteiger partial charge in [-0.3, -0.25) is 0 Å². The second kappa shape index (κ2) is 9.92. The Kier molecular flexibility index (Phi) is 7.90. The first-order valence-corrected chi connectivity index (χ1v) is 8.79. The van der Waals surface area contributed by atoms with Crippen molar-refractivity contribution < 1.29 is 23.7 Å². The Labute approximate surface area is 150 Å². The third-order valence-electron chi connectivity index (χ3n) is 4.08. The normalized spacial score (nSPS) is 20.4. The molecule has 5 heteroatoms. The average molecular weight is 350 g/mol. The minimum Gasteiger partial charge on any atom is -0.497 e. The zero-order chi connectivity index (χ0) is 18.1. The molecule has 2 atom stereocenters. The molecule has 0 amide bonds. The molecule has 25 heavy (non-hydrogen) atoms. The first-order chi connectivity index (χ1) is 12.0. The highest BCUT2D eigenvalue weighted by Crippen LogP contribution is 2.27. The molecule has 0 saturated carbocycles. The Morgan fingerprint density at radius 3 is 2.68 bits per heavy atom. The SMILES string of the molecule is C=CCO[C@@H](CCCOCc1ccc(OC)cc1)[C@H]1COC(C)(C)O1. The van der Waals surface area contributed by atoms with Crippen LogP contribution in [0.25, 0.3) is 0 Å². The summed E-state index contributed by atoms with van der Waals surface area (Å²) in [6, 6.07) is 7.91. The molecule has 1 fully saturated rings. The van der Waals surface area contributed by atoms with Crippen molar-refractivity contribution in [1.82, 2.24) is 0 Å². The van der Waals surface area contributed by atoms with Gasteiger partial charge in [0.1, 0.15) is 11.9 Å². The van der Waals surface area contributed by atoms with Gasteiger partial charge in [-0.05, 0) is 44.4 Å². The molecule has 1 aliphatic rings. The van der Waals surface area contributed by atoms with Gasteiger partial charge in [0, 0.05) is 6.61 Å². The molecule has 5 nitrogen and oxygen atoms in total. The summed E-state index contributed by atoms with van der Waals surface area (Å²) in [5, 5.41) is 0. The summed E-state index contributed by atoms with van der Waals surface area (Å²) < 4.78 is 28.4. The fourth-order valence-electron chi connectivity index (χ4n) is 2.77.